The lowest BCUT2D eigenvalue weighted by atomic mass is 10.2. The van der Waals surface area contributed by atoms with E-state index in [1.165, 1.54) is 25.4 Å². The Bertz CT molecular complexity index is 580. The maximum absolute atomic E-state index is 12.2. The SMILES string of the molecule is CNC(=O)[C@H]1CN(S(=O)(=O)N(C)C)Cc2ccnn21. The molecule has 9 heteroatoms. The van der Waals surface area contributed by atoms with E-state index in [0.29, 0.717) is 5.69 Å². The van der Waals surface area contributed by atoms with E-state index in [-0.39, 0.29) is 19.0 Å². The van der Waals surface area contributed by atoms with Crippen molar-refractivity contribution in [3.05, 3.63) is 18.0 Å². The zero-order valence-corrected chi connectivity index (χ0v) is 11.9. The lowest BCUT2D eigenvalue weighted by molar-refractivity contribution is -0.124. The maximum Gasteiger partial charge on any atom is 0.281 e. The number of aromatic nitrogens is 2. The molecule has 0 saturated heterocycles. The lowest BCUT2D eigenvalue weighted by Gasteiger charge is -2.33. The Labute approximate surface area is 112 Å². The Kier molecular flexibility index (Phi) is 3.61. The minimum absolute atomic E-state index is 0.0782. The first kappa shape index (κ1) is 14.0. The highest BCUT2D eigenvalue weighted by molar-refractivity contribution is 7.86. The zero-order valence-electron chi connectivity index (χ0n) is 11.1. The minimum atomic E-state index is -3.55. The first-order valence-corrected chi connectivity index (χ1v) is 7.19. The van der Waals surface area contributed by atoms with Gasteiger partial charge in [-0.3, -0.25) is 9.48 Å². The number of hydrogen-bond donors (Lipinski definition) is 1. The van der Waals surface area contributed by atoms with Crippen LogP contribution in [-0.2, 0) is 21.5 Å². The molecule has 1 aliphatic heterocycles. The van der Waals surface area contributed by atoms with E-state index < -0.39 is 16.3 Å². The van der Waals surface area contributed by atoms with E-state index in [4.69, 9.17) is 0 Å². The van der Waals surface area contributed by atoms with Gasteiger partial charge in [-0.25, -0.2) is 0 Å². The van der Waals surface area contributed by atoms with Gasteiger partial charge in [0.25, 0.3) is 10.2 Å². The quantitative estimate of drug-likeness (QED) is 0.756. The largest absolute Gasteiger partial charge is 0.357 e. The summed E-state index contributed by atoms with van der Waals surface area (Å²) in [6.45, 7) is 0.295. The highest BCUT2D eigenvalue weighted by Gasteiger charge is 2.36. The molecule has 19 heavy (non-hydrogen) atoms. The van der Waals surface area contributed by atoms with Gasteiger partial charge in [0.15, 0.2) is 0 Å². The molecular weight excluding hydrogens is 270 g/mol. The van der Waals surface area contributed by atoms with Crippen LogP contribution in [0.4, 0.5) is 0 Å². The van der Waals surface area contributed by atoms with Crippen LogP contribution in [-0.4, -0.2) is 60.4 Å². The topological polar surface area (TPSA) is 87.5 Å². The van der Waals surface area contributed by atoms with E-state index in [9.17, 15) is 13.2 Å². The van der Waals surface area contributed by atoms with Crippen molar-refractivity contribution in [3.8, 4) is 0 Å². The molecule has 1 atom stereocenters. The average Bonchev–Trinajstić information content (AvgIpc) is 2.84. The van der Waals surface area contributed by atoms with E-state index in [1.54, 1.807) is 16.9 Å². The maximum atomic E-state index is 12.2. The highest BCUT2D eigenvalue weighted by Crippen LogP contribution is 2.23. The van der Waals surface area contributed by atoms with Gasteiger partial charge in [0.2, 0.25) is 5.91 Å². The minimum Gasteiger partial charge on any atom is -0.357 e. The van der Waals surface area contributed by atoms with Gasteiger partial charge in [-0.15, -0.1) is 0 Å². The monoisotopic (exact) mass is 287 g/mol. The molecule has 0 aromatic carbocycles. The van der Waals surface area contributed by atoms with Gasteiger partial charge in [-0.05, 0) is 6.07 Å². The highest BCUT2D eigenvalue weighted by atomic mass is 32.2. The molecule has 1 N–H and O–H groups in total. The number of carbonyl (C=O) groups is 1. The summed E-state index contributed by atoms with van der Waals surface area (Å²) in [6.07, 6.45) is 1.57. The summed E-state index contributed by atoms with van der Waals surface area (Å²) in [5, 5.41) is 6.62. The van der Waals surface area contributed by atoms with Gasteiger partial charge in [-0.1, -0.05) is 0 Å². The third-order valence-corrected chi connectivity index (χ3v) is 4.95. The molecule has 0 unspecified atom stereocenters. The Morgan fingerprint density at radius 3 is 2.79 bits per heavy atom. The molecule has 0 fully saturated rings. The van der Waals surface area contributed by atoms with Crippen molar-refractivity contribution in [2.24, 2.45) is 0 Å². The number of rotatable bonds is 3. The zero-order chi connectivity index (χ0) is 14.2. The molecular formula is C10H17N5O3S. The number of hydrogen-bond acceptors (Lipinski definition) is 4. The van der Waals surface area contributed by atoms with E-state index in [1.807, 2.05) is 0 Å². The molecule has 0 bridgehead atoms. The van der Waals surface area contributed by atoms with E-state index in [2.05, 4.69) is 10.4 Å². The summed E-state index contributed by atoms with van der Waals surface area (Å²) < 4.78 is 28.3. The van der Waals surface area contributed by atoms with Crippen LogP contribution in [0.25, 0.3) is 0 Å². The molecule has 2 rings (SSSR count). The fourth-order valence-electron chi connectivity index (χ4n) is 2.03. The van der Waals surface area contributed by atoms with Crippen molar-refractivity contribution in [2.45, 2.75) is 12.6 Å². The van der Waals surface area contributed by atoms with Gasteiger partial charge in [-0.2, -0.15) is 22.1 Å². The number of amides is 1. The van der Waals surface area contributed by atoms with Crippen molar-refractivity contribution in [2.75, 3.05) is 27.7 Å². The fourth-order valence-corrected chi connectivity index (χ4v) is 3.12. The summed E-state index contributed by atoms with van der Waals surface area (Å²) in [5.74, 6) is -0.261. The van der Waals surface area contributed by atoms with Crippen molar-refractivity contribution in [3.63, 3.8) is 0 Å². The second-order valence-electron chi connectivity index (χ2n) is 4.48. The summed E-state index contributed by atoms with van der Waals surface area (Å²) in [7, 11) is 0.906. The Balaban J connectivity index is 2.38. The van der Waals surface area contributed by atoms with Crippen molar-refractivity contribution < 1.29 is 13.2 Å². The third kappa shape index (κ3) is 2.36. The van der Waals surface area contributed by atoms with Gasteiger partial charge in [0.1, 0.15) is 6.04 Å². The van der Waals surface area contributed by atoms with Crippen molar-refractivity contribution in [1.29, 1.82) is 0 Å². The Morgan fingerprint density at radius 2 is 2.21 bits per heavy atom. The van der Waals surface area contributed by atoms with Crippen LogP contribution in [0.15, 0.2) is 12.3 Å². The number of likely N-dealkylation sites (N-methyl/N-ethyl adjacent to an activating group) is 1. The van der Waals surface area contributed by atoms with Crippen molar-refractivity contribution >= 4 is 16.1 Å². The van der Waals surface area contributed by atoms with Crippen LogP contribution < -0.4 is 5.32 Å². The van der Waals surface area contributed by atoms with E-state index >= 15 is 0 Å². The number of fused-ring (bicyclic) bond motifs is 1. The molecule has 2 heterocycles. The number of nitrogens with zero attached hydrogens (tertiary/aromatic N) is 4. The molecule has 0 radical (unpaired) electrons. The molecule has 1 aromatic rings. The Morgan fingerprint density at radius 1 is 1.53 bits per heavy atom. The van der Waals surface area contributed by atoms with Crippen LogP contribution >= 0.6 is 0 Å². The van der Waals surface area contributed by atoms with Crippen LogP contribution in [0.3, 0.4) is 0 Å². The molecule has 0 saturated carbocycles. The summed E-state index contributed by atoms with van der Waals surface area (Å²) in [6, 6.07) is 1.08. The summed E-state index contributed by atoms with van der Waals surface area (Å²) in [5.41, 5.74) is 0.699. The molecule has 106 valence electrons. The first-order valence-electron chi connectivity index (χ1n) is 5.79. The van der Waals surface area contributed by atoms with Crippen LogP contribution in [0.1, 0.15) is 11.7 Å². The predicted octanol–water partition coefficient (Wildman–Crippen LogP) is -1.21. The Hall–Kier alpha value is -1.45. The molecule has 0 spiro atoms. The molecule has 1 aromatic heterocycles. The molecule has 1 aliphatic rings. The molecule has 0 aliphatic carbocycles. The summed E-state index contributed by atoms with van der Waals surface area (Å²) in [4.78, 5) is 11.9. The number of carbonyl (C=O) groups excluding carboxylic acids is 1. The third-order valence-electron chi connectivity index (χ3n) is 3.10. The van der Waals surface area contributed by atoms with Crippen molar-refractivity contribution in [1.82, 2.24) is 23.7 Å². The van der Waals surface area contributed by atoms with Crippen LogP contribution in [0, 0.1) is 0 Å². The van der Waals surface area contributed by atoms with E-state index in [0.717, 1.165) is 4.31 Å². The second-order valence-corrected chi connectivity index (χ2v) is 6.62. The number of nitrogens with one attached hydrogen (secondary N) is 1. The normalized spacial score (nSPS) is 20.3. The first-order chi connectivity index (χ1) is 8.87. The van der Waals surface area contributed by atoms with Gasteiger partial charge in [0, 0.05) is 33.9 Å². The van der Waals surface area contributed by atoms with Gasteiger partial charge < -0.3 is 5.32 Å². The smallest absolute Gasteiger partial charge is 0.281 e. The molecule has 1 amide bonds. The predicted molar refractivity (Wildman–Crippen MR) is 68.3 cm³/mol. The fraction of sp³-hybridized carbons (Fsp3) is 0.600. The van der Waals surface area contributed by atoms with Gasteiger partial charge in [0.05, 0.1) is 12.2 Å². The van der Waals surface area contributed by atoms with Gasteiger partial charge >= 0.3 is 0 Å². The van der Waals surface area contributed by atoms with Crippen LogP contribution in [0.2, 0.25) is 0 Å². The molecule has 8 nitrogen and oxygen atoms in total. The standard InChI is InChI=1S/C10H17N5O3S/c1-11-10(16)9-7-14(19(17,18)13(2)3)6-8-4-5-12-15(8)9/h4-5,9H,6-7H2,1-3H3,(H,11,16)/t9-/m1/s1. The second kappa shape index (κ2) is 4.91. The van der Waals surface area contributed by atoms with Crippen LogP contribution in [0.5, 0.6) is 0 Å². The lowest BCUT2D eigenvalue weighted by Crippen LogP contribution is -2.49. The average molecular weight is 287 g/mol. The summed E-state index contributed by atoms with van der Waals surface area (Å²) >= 11 is 0.